The zero-order valence-corrected chi connectivity index (χ0v) is 11.4. The van der Waals surface area contributed by atoms with Crippen LogP contribution in [0.1, 0.15) is 0 Å². The minimum absolute atomic E-state index is 0.0173. The van der Waals surface area contributed by atoms with Gasteiger partial charge >= 0.3 is 0 Å². The van der Waals surface area contributed by atoms with E-state index in [2.05, 4.69) is 4.98 Å². The van der Waals surface area contributed by atoms with Crippen LogP contribution in [0.25, 0.3) is 22.8 Å². The smallest absolute Gasteiger partial charge is 0.280 e. The molecule has 0 N–H and O–H groups in total. The highest BCUT2D eigenvalue weighted by Gasteiger charge is 2.18. The average molecular weight is 301 g/mol. The molecule has 1 heterocycles. The number of aromatic nitrogens is 1. The van der Waals surface area contributed by atoms with E-state index in [1.165, 1.54) is 12.3 Å². The SMILES string of the molecule is O=[N+]([O-])c1ccccc1-c1cnc(-c2ccc(Cl)cc2)o1. The summed E-state index contributed by atoms with van der Waals surface area (Å²) in [6, 6.07) is 13.4. The van der Waals surface area contributed by atoms with Crippen LogP contribution in [0.5, 0.6) is 0 Å². The van der Waals surface area contributed by atoms with Crippen LogP contribution in [-0.4, -0.2) is 9.91 Å². The van der Waals surface area contributed by atoms with Gasteiger partial charge in [-0.1, -0.05) is 23.7 Å². The van der Waals surface area contributed by atoms with Gasteiger partial charge in [0.2, 0.25) is 5.89 Å². The third-order valence-electron chi connectivity index (χ3n) is 2.96. The summed E-state index contributed by atoms with van der Waals surface area (Å²) in [5, 5.41) is 11.7. The van der Waals surface area contributed by atoms with Gasteiger partial charge in [-0.2, -0.15) is 0 Å². The van der Waals surface area contributed by atoms with Crippen LogP contribution >= 0.6 is 11.6 Å². The molecule has 5 nitrogen and oxygen atoms in total. The Morgan fingerprint density at radius 1 is 1.10 bits per heavy atom. The van der Waals surface area contributed by atoms with Gasteiger partial charge in [0.15, 0.2) is 5.76 Å². The number of nitro benzene ring substituents is 1. The molecule has 0 atom stereocenters. The quantitative estimate of drug-likeness (QED) is 0.525. The fourth-order valence-corrected chi connectivity index (χ4v) is 2.09. The molecule has 0 spiro atoms. The van der Waals surface area contributed by atoms with Crippen LogP contribution < -0.4 is 0 Å². The van der Waals surface area contributed by atoms with Crippen molar-refractivity contribution in [1.29, 1.82) is 0 Å². The Morgan fingerprint density at radius 3 is 2.52 bits per heavy atom. The molecule has 104 valence electrons. The first-order chi connectivity index (χ1) is 10.1. The van der Waals surface area contributed by atoms with Crippen LogP contribution in [0.15, 0.2) is 59.1 Å². The number of nitrogens with zero attached hydrogens (tertiary/aromatic N) is 2. The van der Waals surface area contributed by atoms with Crippen LogP contribution in [0, 0.1) is 10.1 Å². The van der Waals surface area contributed by atoms with Crippen molar-refractivity contribution in [1.82, 2.24) is 4.98 Å². The predicted molar refractivity (Wildman–Crippen MR) is 79.0 cm³/mol. The van der Waals surface area contributed by atoms with Crippen molar-refractivity contribution in [3.8, 4) is 22.8 Å². The first-order valence-corrected chi connectivity index (χ1v) is 6.48. The number of rotatable bonds is 3. The molecule has 0 bridgehead atoms. The van der Waals surface area contributed by atoms with Crippen LogP contribution in [0.4, 0.5) is 5.69 Å². The number of nitro groups is 1. The van der Waals surface area contributed by atoms with Gasteiger partial charge in [-0.05, 0) is 30.3 Å². The standard InChI is InChI=1S/C15H9ClN2O3/c16-11-7-5-10(6-8-11)15-17-9-14(21-15)12-3-1-2-4-13(12)18(19)20/h1-9H. The molecule has 3 aromatic rings. The van der Waals surface area contributed by atoms with Gasteiger partial charge in [-0.3, -0.25) is 10.1 Å². The normalized spacial score (nSPS) is 10.5. The summed E-state index contributed by atoms with van der Waals surface area (Å²) in [5.74, 6) is 0.743. The summed E-state index contributed by atoms with van der Waals surface area (Å²) in [5.41, 5.74) is 1.13. The molecule has 0 radical (unpaired) electrons. The monoisotopic (exact) mass is 300 g/mol. The molecule has 0 saturated heterocycles. The minimum Gasteiger partial charge on any atom is -0.436 e. The molecule has 3 rings (SSSR count). The second-order valence-corrected chi connectivity index (χ2v) is 4.75. The maximum Gasteiger partial charge on any atom is 0.280 e. The Morgan fingerprint density at radius 2 is 1.81 bits per heavy atom. The fourth-order valence-electron chi connectivity index (χ4n) is 1.97. The summed E-state index contributed by atoms with van der Waals surface area (Å²) < 4.78 is 5.63. The van der Waals surface area contributed by atoms with Crippen LogP contribution in [-0.2, 0) is 0 Å². The molecular weight excluding hydrogens is 292 g/mol. The maximum atomic E-state index is 11.0. The van der Waals surface area contributed by atoms with E-state index in [0.717, 1.165) is 5.56 Å². The topological polar surface area (TPSA) is 69.2 Å². The van der Waals surface area contributed by atoms with Crippen molar-refractivity contribution in [3.05, 3.63) is 69.9 Å². The highest BCUT2D eigenvalue weighted by molar-refractivity contribution is 6.30. The molecule has 1 aromatic heterocycles. The Hall–Kier alpha value is -2.66. The predicted octanol–water partition coefficient (Wildman–Crippen LogP) is 4.57. The van der Waals surface area contributed by atoms with Gasteiger partial charge < -0.3 is 4.42 Å². The lowest BCUT2D eigenvalue weighted by Gasteiger charge is -1.99. The summed E-state index contributed by atoms with van der Waals surface area (Å²) in [4.78, 5) is 14.8. The first-order valence-electron chi connectivity index (χ1n) is 6.11. The number of hydrogen-bond donors (Lipinski definition) is 0. The van der Waals surface area contributed by atoms with Crippen molar-refractivity contribution >= 4 is 17.3 Å². The number of oxazole rings is 1. The molecular formula is C15H9ClN2O3. The molecule has 0 fully saturated rings. The minimum atomic E-state index is -0.445. The lowest BCUT2D eigenvalue weighted by molar-refractivity contribution is -0.384. The molecule has 0 amide bonds. The summed E-state index contributed by atoms with van der Waals surface area (Å²) in [6.45, 7) is 0. The lowest BCUT2D eigenvalue weighted by Crippen LogP contribution is -1.90. The first kappa shape index (κ1) is 13.3. The number of benzene rings is 2. The largest absolute Gasteiger partial charge is 0.436 e. The van der Waals surface area contributed by atoms with E-state index in [1.54, 1.807) is 42.5 Å². The van der Waals surface area contributed by atoms with E-state index in [-0.39, 0.29) is 5.69 Å². The molecule has 6 heteroatoms. The summed E-state index contributed by atoms with van der Waals surface area (Å²) >= 11 is 5.83. The molecule has 0 aliphatic heterocycles. The third-order valence-corrected chi connectivity index (χ3v) is 3.22. The molecule has 0 aliphatic carbocycles. The van der Waals surface area contributed by atoms with Crippen molar-refractivity contribution < 1.29 is 9.34 Å². The summed E-state index contributed by atoms with van der Waals surface area (Å²) in [6.07, 6.45) is 1.48. The van der Waals surface area contributed by atoms with Crippen LogP contribution in [0.3, 0.4) is 0 Å². The van der Waals surface area contributed by atoms with Gasteiger partial charge in [0, 0.05) is 16.7 Å². The van der Waals surface area contributed by atoms with E-state index in [4.69, 9.17) is 16.0 Å². The molecule has 2 aromatic carbocycles. The van der Waals surface area contributed by atoms with Crippen molar-refractivity contribution in [2.24, 2.45) is 0 Å². The molecule has 0 unspecified atom stereocenters. The zero-order valence-electron chi connectivity index (χ0n) is 10.7. The van der Waals surface area contributed by atoms with Crippen LogP contribution in [0.2, 0.25) is 5.02 Å². The number of para-hydroxylation sites is 1. The third kappa shape index (κ3) is 2.64. The highest BCUT2D eigenvalue weighted by Crippen LogP contribution is 2.32. The van der Waals surface area contributed by atoms with Crippen molar-refractivity contribution in [2.45, 2.75) is 0 Å². The second kappa shape index (κ2) is 5.38. The van der Waals surface area contributed by atoms with Gasteiger partial charge in [0.05, 0.1) is 16.7 Å². The highest BCUT2D eigenvalue weighted by atomic mass is 35.5. The van der Waals surface area contributed by atoms with Gasteiger partial charge in [-0.25, -0.2) is 4.98 Å². The van der Waals surface area contributed by atoms with Gasteiger partial charge in [0.1, 0.15) is 0 Å². The summed E-state index contributed by atoms with van der Waals surface area (Å²) in [7, 11) is 0. The Balaban J connectivity index is 2.03. The van der Waals surface area contributed by atoms with E-state index in [9.17, 15) is 10.1 Å². The Bertz CT molecular complexity index is 797. The average Bonchev–Trinajstić information content (AvgIpc) is 2.97. The van der Waals surface area contributed by atoms with Crippen molar-refractivity contribution in [3.63, 3.8) is 0 Å². The fraction of sp³-hybridized carbons (Fsp3) is 0. The Kier molecular flexibility index (Phi) is 3.41. The second-order valence-electron chi connectivity index (χ2n) is 4.31. The van der Waals surface area contributed by atoms with Gasteiger partial charge in [-0.15, -0.1) is 0 Å². The van der Waals surface area contributed by atoms with E-state index < -0.39 is 4.92 Å². The zero-order chi connectivity index (χ0) is 14.8. The van der Waals surface area contributed by atoms with E-state index >= 15 is 0 Å². The number of hydrogen-bond acceptors (Lipinski definition) is 4. The van der Waals surface area contributed by atoms with E-state index in [1.807, 2.05) is 0 Å². The molecule has 0 saturated carbocycles. The number of halogens is 1. The van der Waals surface area contributed by atoms with Crippen molar-refractivity contribution in [2.75, 3.05) is 0 Å². The Labute approximate surface area is 125 Å². The van der Waals surface area contributed by atoms with Gasteiger partial charge in [0.25, 0.3) is 5.69 Å². The molecule has 21 heavy (non-hydrogen) atoms. The molecule has 0 aliphatic rings. The maximum absolute atomic E-state index is 11.0. The van der Waals surface area contributed by atoms with E-state index in [0.29, 0.717) is 22.2 Å². The lowest BCUT2D eigenvalue weighted by atomic mass is 10.1.